The van der Waals surface area contributed by atoms with E-state index in [-0.39, 0.29) is 6.04 Å². The lowest BCUT2D eigenvalue weighted by Gasteiger charge is -2.23. The van der Waals surface area contributed by atoms with Crippen LogP contribution in [0.15, 0.2) is 61.1 Å². The second kappa shape index (κ2) is 7.00. The van der Waals surface area contributed by atoms with E-state index in [1.54, 1.807) is 6.20 Å². The number of anilines is 1. The lowest BCUT2D eigenvalue weighted by molar-refractivity contribution is 0.654. The summed E-state index contributed by atoms with van der Waals surface area (Å²) in [5, 5.41) is 1.83. The number of rotatable bonds is 4. The van der Waals surface area contributed by atoms with Crippen LogP contribution < -0.4 is 16.2 Å². The molecule has 0 spiro atoms. The number of fused-ring (bicyclic) bond motifs is 1. The molecule has 0 fully saturated rings. The van der Waals surface area contributed by atoms with Crippen LogP contribution in [0.1, 0.15) is 19.4 Å². The van der Waals surface area contributed by atoms with Crippen molar-refractivity contribution in [1.29, 1.82) is 0 Å². The lowest BCUT2D eigenvalue weighted by atomic mass is 10.0. The van der Waals surface area contributed by atoms with Gasteiger partial charge >= 0.3 is 0 Å². The quantitative estimate of drug-likeness (QED) is 0.548. The number of benzene rings is 1. The average molecular weight is 400 g/mol. The molecule has 8 nitrogen and oxygen atoms in total. The molecular formula is C22H24N8. The fraction of sp³-hybridized carbons (Fsp3) is 0.227. The maximum Gasteiger partial charge on any atom is 0.232 e. The summed E-state index contributed by atoms with van der Waals surface area (Å²) in [4.78, 5) is 14.0. The third kappa shape index (κ3) is 2.84. The van der Waals surface area contributed by atoms with Crippen molar-refractivity contribution in [2.24, 2.45) is 12.8 Å². The summed E-state index contributed by atoms with van der Waals surface area (Å²) in [5.41, 5.74) is 15.7. The first-order chi connectivity index (χ1) is 14.6. The van der Waals surface area contributed by atoms with Crippen LogP contribution >= 0.6 is 0 Å². The predicted octanol–water partition coefficient (Wildman–Crippen LogP) is 2.87. The number of aromatic nitrogens is 5. The molecule has 1 aliphatic rings. The molecule has 4 aromatic rings. The first-order valence-electron chi connectivity index (χ1n) is 10.0. The SMILES string of the molecule is CCc1c(-c2cccc(-c3cncn3C)c2)nc(N2NC(C)C=C2N)n2ccnc12. The molecule has 1 aromatic carbocycles. The second-order valence-electron chi connectivity index (χ2n) is 7.53. The Morgan fingerprint density at radius 2 is 2.07 bits per heavy atom. The van der Waals surface area contributed by atoms with Crippen LogP contribution in [-0.4, -0.2) is 30.0 Å². The Labute approximate surface area is 174 Å². The van der Waals surface area contributed by atoms with Crippen molar-refractivity contribution in [3.05, 3.63) is 66.6 Å². The van der Waals surface area contributed by atoms with Gasteiger partial charge in [-0.05, 0) is 25.5 Å². The predicted molar refractivity (Wildman–Crippen MR) is 117 cm³/mol. The highest BCUT2D eigenvalue weighted by Crippen LogP contribution is 2.32. The molecule has 0 amide bonds. The normalized spacial score (nSPS) is 16.4. The lowest BCUT2D eigenvalue weighted by Crippen LogP contribution is -2.39. The van der Waals surface area contributed by atoms with E-state index < -0.39 is 0 Å². The van der Waals surface area contributed by atoms with Crippen LogP contribution in [0.2, 0.25) is 0 Å². The van der Waals surface area contributed by atoms with Crippen LogP contribution in [-0.2, 0) is 13.5 Å². The maximum atomic E-state index is 6.27. The van der Waals surface area contributed by atoms with Crippen molar-refractivity contribution in [2.75, 3.05) is 5.01 Å². The van der Waals surface area contributed by atoms with Gasteiger partial charge in [0.05, 0.1) is 23.9 Å². The first-order valence-corrected chi connectivity index (χ1v) is 10.0. The van der Waals surface area contributed by atoms with Crippen LogP contribution in [0.5, 0.6) is 0 Å². The van der Waals surface area contributed by atoms with E-state index in [1.165, 1.54) is 0 Å². The van der Waals surface area contributed by atoms with Gasteiger partial charge in [0.15, 0.2) is 0 Å². The Kier molecular flexibility index (Phi) is 4.29. The van der Waals surface area contributed by atoms with Crippen molar-refractivity contribution in [1.82, 2.24) is 29.3 Å². The van der Waals surface area contributed by atoms with Gasteiger partial charge in [-0.25, -0.2) is 25.4 Å². The van der Waals surface area contributed by atoms with Crippen LogP contribution in [0, 0.1) is 0 Å². The van der Waals surface area contributed by atoms with E-state index in [1.807, 2.05) is 45.8 Å². The van der Waals surface area contributed by atoms with Crippen LogP contribution in [0.3, 0.4) is 0 Å². The number of imidazole rings is 2. The minimum absolute atomic E-state index is 0.132. The highest BCUT2D eigenvalue weighted by Gasteiger charge is 2.25. The van der Waals surface area contributed by atoms with E-state index in [2.05, 4.69) is 53.5 Å². The molecule has 0 aliphatic carbocycles. The molecule has 30 heavy (non-hydrogen) atoms. The summed E-state index contributed by atoms with van der Waals surface area (Å²) < 4.78 is 4.00. The van der Waals surface area contributed by atoms with Gasteiger partial charge in [-0.15, -0.1) is 0 Å². The molecule has 152 valence electrons. The number of nitrogens with two attached hydrogens (primary N) is 1. The van der Waals surface area contributed by atoms with E-state index in [0.29, 0.717) is 11.8 Å². The van der Waals surface area contributed by atoms with Crippen molar-refractivity contribution in [3.8, 4) is 22.5 Å². The number of nitrogens with one attached hydrogen (secondary N) is 1. The van der Waals surface area contributed by atoms with Crippen molar-refractivity contribution in [2.45, 2.75) is 26.3 Å². The average Bonchev–Trinajstić information content (AvgIpc) is 3.47. The second-order valence-corrected chi connectivity index (χ2v) is 7.53. The van der Waals surface area contributed by atoms with Gasteiger partial charge in [0.1, 0.15) is 11.5 Å². The third-order valence-corrected chi connectivity index (χ3v) is 5.44. The summed E-state index contributed by atoms with van der Waals surface area (Å²) >= 11 is 0. The van der Waals surface area contributed by atoms with Gasteiger partial charge in [-0.3, -0.25) is 4.40 Å². The minimum Gasteiger partial charge on any atom is -0.384 e. The molecule has 1 unspecified atom stereocenters. The standard InChI is InChI=1S/C22H24N8/c1-4-17-20(16-7-5-6-15(11-16)18-12-24-13-28(18)3)26-22(29-9-8-25-21(17)29)30-19(23)10-14(2)27-30/h5-14,27H,4,23H2,1-3H3. The Morgan fingerprint density at radius 3 is 2.77 bits per heavy atom. The van der Waals surface area contributed by atoms with Gasteiger partial charge < -0.3 is 10.3 Å². The highest BCUT2D eigenvalue weighted by atomic mass is 15.6. The summed E-state index contributed by atoms with van der Waals surface area (Å²) in [6, 6.07) is 8.52. The van der Waals surface area contributed by atoms with E-state index in [9.17, 15) is 0 Å². The topological polar surface area (TPSA) is 89.3 Å². The molecule has 5 rings (SSSR count). The molecule has 0 bridgehead atoms. The number of hydrazine groups is 1. The molecule has 1 atom stereocenters. The fourth-order valence-electron chi connectivity index (χ4n) is 4.02. The summed E-state index contributed by atoms with van der Waals surface area (Å²) in [6.45, 7) is 4.18. The Balaban J connectivity index is 1.72. The van der Waals surface area contributed by atoms with Crippen molar-refractivity contribution >= 4 is 11.6 Å². The monoisotopic (exact) mass is 400 g/mol. The van der Waals surface area contributed by atoms with Crippen LogP contribution in [0.25, 0.3) is 28.2 Å². The number of nitrogens with zero attached hydrogens (tertiary/aromatic N) is 6. The molecule has 4 heterocycles. The molecule has 3 aromatic heterocycles. The number of hydrogen-bond donors (Lipinski definition) is 2. The molecular weight excluding hydrogens is 376 g/mol. The summed E-state index contributed by atoms with van der Waals surface area (Å²) in [6.07, 6.45) is 10.2. The maximum absolute atomic E-state index is 6.27. The molecule has 8 heteroatoms. The van der Waals surface area contributed by atoms with Gasteiger partial charge in [-0.1, -0.05) is 25.1 Å². The zero-order valence-electron chi connectivity index (χ0n) is 17.2. The smallest absolute Gasteiger partial charge is 0.232 e. The fourth-order valence-corrected chi connectivity index (χ4v) is 4.02. The largest absolute Gasteiger partial charge is 0.384 e. The van der Waals surface area contributed by atoms with Gasteiger partial charge in [0.25, 0.3) is 0 Å². The molecule has 1 aliphatic heterocycles. The molecule has 0 saturated heterocycles. The van der Waals surface area contributed by atoms with Gasteiger partial charge in [0, 0.05) is 42.2 Å². The summed E-state index contributed by atoms with van der Waals surface area (Å²) in [7, 11) is 1.99. The molecule has 0 saturated carbocycles. The number of hydrogen-bond acceptors (Lipinski definition) is 6. The van der Waals surface area contributed by atoms with Crippen LogP contribution in [0.4, 0.5) is 5.95 Å². The van der Waals surface area contributed by atoms with E-state index in [4.69, 9.17) is 10.7 Å². The Bertz CT molecular complexity index is 1270. The third-order valence-electron chi connectivity index (χ3n) is 5.44. The zero-order valence-corrected chi connectivity index (χ0v) is 17.2. The first kappa shape index (κ1) is 18.4. The molecule has 0 radical (unpaired) electrons. The Hall–Kier alpha value is -3.65. The van der Waals surface area contributed by atoms with Crippen molar-refractivity contribution in [3.63, 3.8) is 0 Å². The van der Waals surface area contributed by atoms with E-state index >= 15 is 0 Å². The highest BCUT2D eigenvalue weighted by molar-refractivity contribution is 5.76. The minimum atomic E-state index is 0.132. The summed E-state index contributed by atoms with van der Waals surface area (Å²) in [5.74, 6) is 1.32. The van der Waals surface area contributed by atoms with E-state index in [0.717, 1.165) is 40.1 Å². The number of aryl methyl sites for hydroxylation is 2. The van der Waals surface area contributed by atoms with Gasteiger partial charge in [-0.2, -0.15) is 0 Å². The Morgan fingerprint density at radius 1 is 1.23 bits per heavy atom. The van der Waals surface area contributed by atoms with Crippen molar-refractivity contribution < 1.29 is 0 Å². The van der Waals surface area contributed by atoms with Gasteiger partial charge in [0.2, 0.25) is 5.95 Å². The molecule has 3 N–H and O–H groups in total. The zero-order chi connectivity index (χ0) is 20.8.